The molecule has 0 aliphatic heterocycles. The molecule has 0 spiro atoms. The second kappa shape index (κ2) is 5.50. The zero-order chi connectivity index (χ0) is 12.1. The van der Waals surface area contributed by atoms with E-state index in [2.05, 4.69) is 19.2 Å². The van der Waals surface area contributed by atoms with Crippen molar-refractivity contribution in [2.75, 3.05) is 6.54 Å². The van der Waals surface area contributed by atoms with Crippen LogP contribution in [0.2, 0.25) is 0 Å². The van der Waals surface area contributed by atoms with E-state index in [1.54, 1.807) is 0 Å². The zero-order valence-electron chi connectivity index (χ0n) is 10.8. The van der Waals surface area contributed by atoms with Gasteiger partial charge in [-0.05, 0) is 32.7 Å². The maximum atomic E-state index is 12.0. The Morgan fingerprint density at radius 3 is 2.07 bits per heavy atom. The third-order valence-corrected chi connectivity index (χ3v) is 3.39. The predicted octanol–water partition coefficient (Wildman–Crippen LogP) is 2.06. The second-order valence-corrected chi connectivity index (χ2v) is 5.14. The molecule has 3 N–H and O–H groups in total. The Bertz CT molecular complexity index is 214. The minimum atomic E-state index is -0.287. The topological polar surface area (TPSA) is 55.1 Å². The van der Waals surface area contributed by atoms with Crippen LogP contribution in [0.4, 0.5) is 0 Å². The molecule has 0 bridgehead atoms. The maximum Gasteiger partial charge on any atom is 0.226 e. The van der Waals surface area contributed by atoms with Crippen LogP contribution in [-0.4, -0.2) is 18.0 Å². The fraction of sp³-hybridized carbons (Fsp3) is 0.917. The number of carbonyl (C=O) groups excluding carboxylic acids is 1. The number of amides is 1. The van der Waals surface area contributed by atoms with Crippen molar-refractivity contribution in [3.63, 3.8) is 0 Å². The molecule has 1 atom stereocenters. The summed E-state index contributed by atoms with van der Waals surface area (Å²) in [6, 6.07) is 0. The Kier molecular flexibility index (Phi) is 5.29. The highest BCUT2D eigenvalue weighted by Crippen LogP contribution is 2.23. The van der Waals surface area contributed by atoms with Gasteiger partial charge in [-0.3, -0.25) is 4.79 Å². The van der Waals surface area contributed by atoms with Crippen LogP contribution in [0.25, 0.3) is 0 Å². The molecular formula is C12H26N2O. The Balaban J connectivity index is 4.49. The fourth-order valence-electron chi connectivity index (χ4n) is 1.25. The number of carbonyl (C=O) groups is 1. The molecule has 3 heteroatoms. The largest absolute Gasteiger partial charge is 0.350 e. The SMILES string of the molecule is CCC(C)(CCN)NC(=O)C(C)(C)CC. The normalized spacial score (nSPS) is 15.9. The molecule has 0 fully saturated rings. The molecular weight excluding hydrogens is 188 g/mol. The van der Waals surface area contributed by atoms with Gasteiger partial charge >= 0.3 is 0 Å². The average molecular weight is 214 g/mol. The Hall–Kier alpha value is -0.570. The van der Waals surface area contributed by atoms with Crippen LogP contribution in [-0.2, 0) is 4.79 Å². The summed E-state index contributed by atoms with van der Waals surface area (Å²) in [6.45, 7) is 10.7. The summed E-state index contributed by atoms with van der Waals surface area (Å²) in [6.07, 6.45) is 2.59. The van der Waals surface area contributed by atoms with Gasteiger partial charge in [0.2, 0.25) is 5.91 Å². The second-order valence-electron chi connectivity index (χ2n) is 5.14. The molecule has 0 aromatic carbocycles. The van der Waals surface area contributed by atoms with Crippen molar-refractivity contribution in [1.29, 1.82) is 0 Å². The van der Waals surface area contributed by atoms with Gasteiger partial charge in [-0.2, -0.15) is 0 Å². The summed E-state index contributed by atoms with van der Waals surface area (Å²) in [5.74, 6) is 0.128. The van der Waals surface area contributed by atoms with E-state index < -0.39 is 0 Å². The van der Waals surface area contributed by atoms with Gasteiger partial charge in [0.1, 0.15) is 0 Å². The van der Waals surface area contributed by atoms with Crippen molar-refractivity contribution in [2.45, 2.75) is 59.4 Å². The van der Waals surface area contributed by atoms with Crippen LogP contribution >= 0.6 is 0 Å². The van der Waals surface area contributed by atoms with E-state index in [4.69, 9.17) is 5.73 Å². The van der Waals surface area contributed by atoms with Gasteiger partial charge in [0.15, 0.2) is 0 Å². The number of rotatable bonds is 6. The number of nitrogens with two attached hydrogens (primary N) is 1. The number of hydrogen-bond donors (Lipinski definition) is 2. The lowest BCUT2D eigenvalue weighted by Crippen LogP contribution is -2.51. The molecule has 1 unspecified atom stereocenters. The molecule has 90 valence electrons. The first-order chi connectivity index (χ1) is 6.81. The van der Waals surface area contributed by atoms with E-state index in [0.29, 0.717) is 6.54 Å². The van der Waals surface area contributed by atoms with Crippen molar-refractivity contribution < 1.29 is 4.79 Å². The molecule has 0 saturated carbocycles. The average Bonchev–Trinajstić information content (AvgIpc) is 2.18. The molecule has 0 rings (SSSR count). The molecule has 0 aliphatic carbocycles. The summed E-state index contributed by atoms with van der Waals surface area (Å²) >= 11 is 0. The molecule has 0 aliphatic rings. The molecule has 0 heterocycles. The minimum absolute atomic E-state index is 0.128. The monoisotopic (exact) mass is 214 g/mol. The van der Waals surface area contributed by atoms with Crippen molar-refractivity contribution in [1.82, 2.24) is 5.32 Å². The van der Waals surface area contributed by atoms with Crippen molar-refractivity contribution in [2.24, 2.45) is 11.1 Å². The maximum absolute atomic E-state index is 12.0. The van der Waals surface area contributed by atoms with Crippen LogP contribution < -0.4 is 11.1 Å². The lowest BCUT2D eigenvalue weighted by molar-refractivity contribution is -0.131. The first-order valence-electron chi connectivity index (χ1n) is 5.84. The quantitative estimate of drug-likeness (QED) is 0.711. The van der Waals surface area contributed by atoms with Crippen molar-refractivity contribution >= 4 is 5.91 Å². The lowest BCUT2D eigenvalue weighted by Gasteiger charge is -2.33. The van der Waals surface area contributed by atoms with Crippen LogP contribution in [0.5, 0.6) is 0 Å². The van der Waals surface area contributed by atoms with E-state index in [-0.39, 0.29) is 16.9 Å². The standard InChI is InChI=1S/C12H26N2O/c1-6-11(3,4)10(15)14-12(5,7-2)8-9-13/h6-9,13H2,1-5H3,(H,14,15). The van der Waals surface area contributed by atoms with Gasteiger partial charge in [0.05, 0.1) is 0 Å². The number of nitrogens with one attached hydrogen (secondary N) is 1. The smallest absolute Gasteiger partial charge is 0.226 e. The Morgan fingerprint density at radius 1 is 1.20 bits per heavy atom. The summed E-state index contributed by atoms with van der Waals surface area (Å²) < 4.78 is 0. The lowest BCUT2D eigenvalue weighted by atomic mass is 9.86. The van der Waals surface area contributed by atoms with Crippen LogP contribution in [0, 0.1) is 5.41 Å². The summed E-state index contributed by atoms with van der Waals surface area (Å²) in [7, 11) is 0. The molecule has 15 heavy (non-hydrogen) atoms. The highest BCUT2D eigenvalue weighted by atomic mass is 16.2. The van der Waals surface area contributed by atoms with Crippen LogP contribution in [0.15, 0.2) is 0 Å². The molecule has 3 nitrogen and oxygen atoms in total. The fourth-order valence-corrected chi connectivity index (χ4v) is 1.25. The minimum Gasteiger partial charge on any atom is -0.350 e. The molecule has 0 radical (unpaired) electrons. The highest BCUT2D eigenvalue weighted by Gasteiger charge is 2.31. The van der Waals surface area contributed by atoms with Gasteiger partial charge in [-0.1, -0.05) is 27.7 Å². The molecule has 0 aromatic rings. The van der Waals surface area contributed by atoms with Crippen molar-refractivity contribution in [3.8, 4) is 0 Å². The van der Waals surface area contributed by atoms with E-state index in [1.165, 1.54) is 0 Å². The molecule has 1 amide bonds. The highest BCUT2D eigenvalue weighted by molar-refractivity contribution is 5.82. The van der Waals surface area contributed by atoms with E-state index in [0.717, 1.165) is 19.3 Å². The first-order valence-corrected chi connectivity index (χ1v) is 5.84. The van der Waals surface area contributed by atoms with Gasteiger partial charge in [-0.15, -0.1) is 0 Å². The summed E-state index contributed by atoms with van der Waals surface area (Å²) in [5.41, 5.74) is 5.12. The molecule has 0 aromatic heterocycles. The third kappa shape index (κ3) is 4.20. The van der Waals surface area contributed by atoms with Gasteiger partial charge < -0.3 is 11.1 Å². The van der Waals surface area contributed by atoms with E-state index in [9.17, 15) is 4.79 Å². The third-order valence-electron chi connectivity index (χ3n) is 3.39. The van der Waals surface area contributed by atoms with E-state index >= 15 is 0 Å². The molecule has 0 saturated heterocycles. The summed E-state index contributed by atoms with van der Waals surface area (Å²) in [5, 5.41) is 3.12. The van der Waals surface area contributed by atoms with Crippen molar-refractivity contribution in [3.05, 3.63) is 0 Å². The Labute approximate surface area is 93.8 Å². The Morgan fingerprint density at radius 2 is 1.73 bits per heavy atom. The van der Waals surface area contributed by atoms with Gasteiger partial charge in [0.25, 0.3) is 0 Å². The first kappa shape index (κ1) is 14.4. The number of hydrogen-bond acceptors (Lipinski definition) is 2. The van der Waals surface area contributed by atoms with E-state index in [1.807, 2.05) is 20.8 Å². The summed E-state index contributed by atoms with van der Waals surface area (Å²) in [4.78, 5) is 12.0. The predicted molar refractivity (Wildman–Crippen MR) is 64.6 cm³/mol. The van der Waals surface area contributed by atoms with Crippen LogP contribution in [0.3, 0.4) is 0 Å². The van der Waals surface area contributed by atoms with Gasteiger partial charge in [-0.25, -0.2) is 0 Å². The van der Waals surface area contributed by atoms with Gasteiger partial charge in [0, 0.05) is 11.0 Å². The zero-order valence-corrected chi connectivity index (χ0v) is 10.8. The van der Waals surface area contributed by atoms with Crippen LogP contribution in [0.1, 0.15) is 53.9 Å².